The highest BCUT2D eigenvalue weighted by molar-refractivity contribution is 7.89. The second-order valence-electron chi connectivity index (χ2n) is 5.11. The van der Waals surface area contributed by atoms with E-state index in [9.17, 15) is 16.8 Å². The molecule has 2 rings (SSSR count). The monoisotopic (exact) mass is 366 g/mol. The molecule has 0 saturated carbocycles. The quantitative estimate of drug-likeness (QED) is 0.805. The average molecular weight is 367 g/mol. The molecule has 0 amide bonds. The van der Waals surface area contributed by atoms with E-state index in [4.69, 9.17) is 11.6 Å². The van der Waals surface area contributed by atoms with Gasteiger partial charge in [-0.3, -0.25) is 0 Å². The predicted molar refractivity (Wildman–Crippen MR) is 86.0 cm³/mol. The Bertz CT molecular complexity index is 754. The molecule has 1 heterocycles. The minimum atomic E-state index is -3.65. The molecule has 1 aliphatic heterocycles. The lowest BCUT2D eigenvalue weighted by Crippen LogP contribution is -2.50. The zero-order valence-electron chi connectivity index (χ0n) is 12.5. The number of benzene rings is 1. The fraction of sp³-hybridized carbons (Fsp3) is 0.538. The third-order valence-corrected chi connectivity index (χ3v) is 7.92. The summed E-state index contributed by atoms with van der Waals surface area (Å²) >= 11 is 5.99. The summed E-state index contributed by atoms with van der Waals surface area (Å²) in [6.07, 6.45) is 0. The number of aryl methyl sites for hydroxylation is 1. The van der Waals surface area contributed by atoms with Crippen LogP contribution in [0.1, 0.15) is 12.5 Å². The van der Waals surface area contributed by atoms with Gasteiger partial charge in [0.15, 0.2) is 0 Å². The van der Waals surface area contributed by atoms with Crippen molar-refractivity contribution in [2.75, 3.05) is 31.9 Å². The van der Waals surface area contributed by atoms with Gasteiger partial charge in [-0.15, -0.1) is 0 Å². The highest BCUT2D eigenvalue weighted by Crippen LogP contribution is 2.24. The molecule has 0 bridgehead atoms. The Hall–Kier alpha value is -0.670. The maximum Gasteiger partial charge on any atom is 0.243 e. The van der Waals surface area contributed by atoms with Crippen LogP contribution in [-0.2, 0) is 20.0 Å². The van der Waals surface area contributed by atoms with Gasteiger partial charge in [0.05, 0.1) is 10.6 Å². The lowest BCUT2D eigenvalue weighted by atomic mass is 10.2. The van der Waals surface area contributed by atoms with Crippen LogP contribution in [0.5, 0.6) is 0 Å². The first-order valence-corrected chi connectivity index (χ1v) is 10.4. The topological polar surface area (TPSA) is 74.8 Å². The molecule has 1 aliphatic rings. The molecule has 0 unspecified atom stereocenters. The summed E-state index contributed by atoms with van der Waals surface area (Å²) in [6, 6.07) is 4.61. The van der Waals surface area contributed by atoms with Crippen LogP contribution in [0.15, 0.2) is 23.1 Å². The van der Waals surface area contributed by atoms with Crippen LogP contribution in [0.2, 0.25) is 5.02 Å². The van der Waals surface area contributed by atoms with Gasteiger partial charge in [-0.1, -0.05) is 17.7 Å². The second-order valence-corrected chi connectivity index (χ2v) is 9.72. The normalized spacial score (nSPS) is 18.5. The molecular formula is C13H19ClN2O4S2. The first-order valence-electron chi connectivity index (χ1n) is 6.92. The molecule has 1 aromatic rings. The Balaban J connectivity index is 2.18. The molecule has 9 heteroatoms. The van der Waals surface area contributed by atoms with E-state index in [0.717, 1.165) is 5.56 Å². The lowest BCUT2D eigenvalue weighted by molar-refractivity contribution is 0.273. The Kier molecular flexibility index (Phi) is 5.18. The van der Waals surface area contributed by atoms with Gasteiger partial charge in [-0.05, 0) is 31.5 Å². The zero-order valence-corrected chi connectivity index (χ0v) is 14.9. The average Bonchev–Trinajstić information content (AvgIpc) is 2.50. The third-order valence-electron chi connectivity index (χ3n) is 3.74. The van der Waals surface area contributed by atoms with Crippen molar-refractivity contribution in [3.63, 3.8) is 0 Å². The minimum Gasteiger partial charge on any atom is -0.212 e. The van der Waals surface area contributed by atoms with Gasteiger partial charge < -0.3 is 0 Å². The van der Waals surface area contributed by atoms with E-state index in [2.05, 4.69) is 0 Å². The molecule has 0 aliphatic carbocycles. The first kappa shape index (κ1) is 17.7. The fourth-order valence-electron chi connectivity index (χ4n) is 2.25. The first-order chi connectivity index (χ1) is 10.2. The van der Waals surface area contributed by atoms with Gasteiger partial charge in [0.2, 0.25) is 20.0 Å². The number of sulfonamides is 2. The SMILES string of the molecule is CCS(=O)(=O)N1CCN(S(=O)(=O)c2ccc(C)c(Cl)c2)CC1. The predicted octanol–water partition coefficient (Wildman–Crippen LogP) is 1.30. The van der Waals surface area contributed by atoms with E-state index in [1.165, 1.54) is 20.7 Å². The molecule has 0 N–H and O–H groups in total. The maximum absolute atomic E-state index is 12.6. The molecule has 1 saturated heterocycles. The van der Waals surface area contributed by atoms with Gasteiger partial charge in [0.1, 0.15) is 0 Å². The van der Waals surface area contributed by atoms with Gasteiger partial charge in [-0.25, -0.2) is 16.8 Å². The van der Waals surface area contributed by atoms with Crippen LogP contribution < -0.4 is 0 Å². The van der Waals surface area contributed by atoms with E-state index in [1.54, 1.807) is 19.9 Å². The number of rotatable bonds is 4. The summed E-state index contributed by atoms with van der Waals surface area (Å²) in [5.74, 6) is 0.0212. The van der Waals surface area contributed by atoms with Gasteiger partial charge in [0, 0.05) is 31.2 Å². The molecular weight excluding hydrogens is 348 g/mol. The molecule has 124 valence electrons. The molecule has 0 spiro atoms. The Labute approximate surface area is 136 Å². The minimum absolute atomic E-state index is 0.0212. The Morgan fingerprint density at radius 1 is 1.05 bits per heavy atom. The van der Waals surface area contributed by atoms with Gasteiger partial charge in [-0.2, -0.15) is 8.61 Å². The summed E-state index contributed by atoms with van der Waals surface area (Å²) in [4.78, 5) is 0.134. The lowest BCUT2D eigenvalue weighted by Gasteiger charge is -2.33. The summed E-state index contributed by atoms with van der Waals surface area (Å²) in [7, 11) is -6.93. The smallest absolute Gasteiger partial charge is 0.212 e. The van der Waals surface area contributed by atoms with Crippen LogP contribution in [0.25, 0.3) is 0 Å². The summed E-state index contributed by atoms with van der Waals surface area (Å²) in [5.41, 5.74) is 0.805. The molecule has 1 fully saturated rings. The van der Waals surface area contributed by atoms with Crippen molar-refractivity contribution in [2.45, 2.75) is 18.7 Å². The van der Waals surface area contributed by atoms with E-state index in [1.807, 2.05) is 0 Å². The number of hydrogen-bond acceptors (Lipinski definition) is 4. The molecule has 0 radical (unpaired) electrons. The standard InChI is InChI=1S/C13H19ClN2O4S2/c1-3-21(17,18)15-6-8-16(9-7-15)22(19,20)12-5-4-11(2)13(14)10-12/h4-5,10H,3,6-9H2,1-2H3. The van der Waals surface area contributed by atoms with Gasteiger partial charge in [0.25, 0.3) is 0 Å². The number of nitrogens with zero attached hydrogens (tertiary/aromatic N) is 2. The molecule has 0 atom stereocenters. The molecule has 6 nitrogen and oxygen atoms in total. The maximum atomic E-state index is 12.6. The van der Waals surface area contributed by atoms with Crippen LogP contribution in [-0.4, -0.2) is 57.4 Å². The van der Waals surface area contributed by atoms with Crippen molar-refractivity contribution in [3.8, 4) is 0 Å². The van der Waals surface area contributed by atoms with Gasteiger partial charge >= 0.3 is 0 Å². The number of halogens is 1. The van der Waals surface area contributed by atoms with Crippen molar-refractivity contribution in [2.24, 2.45) is 0 Å². The molecule has 0 aromatic heterocycles. The van der Waals surface area contributed by atoms with Crippen molar-refractivity contribution in [1.82, 2.24) is 8.61 Å². The number of hydrogen-bond donors (Lipinski definition) is 0. The zero-order chi connectivity index (χ0) is 16.5. The van der Waals surface area contributed by atoms with Crippen molar-refractivity contribution >= 4 is 31.6 Å². The van der Waals surface area contributed by atoms with E-state index in [-0.39, 0.29) is 36.8 Å². The van der Waals surface area contributed by atoms with Crippen molar-refractivity contribution in [1.29, 1.82) is 0 Å². The van der Waals surface area contributed by atoms with Crippen LogP contribution in [0.4, 0.5) is 0 Å². The second kappa shape index (κ2) is 6.45. The van der Waals surface area contributed by atoms with Crippen LogP contribution in [0.3, 0.4) is 0 Å². The molecule has 22 heavy (non-hydrogen) atoms. The van der Waals surface area contributed by atoms with Crippen molar-refractivity contribution < 1.29 is 16.8 Å². The van der Waals surface area contributed by atoms with Crippen LogP contribution >= 0.6 is 11.6 Å². The van der Waals surface area contributed by atoms with Crippen molar-refractivity contribution in [3.05, 3.63) is 28.8 Å². The van der Waals surface area contributed by atoms with Crippen LogP contribution in [0, 0.1) is 6.92 Å². The Morgan fingerprint density at radius 2 is 1.59 bits per heavy atom. The third kappa shape index (κ3) is 3.46. The highest BCUT2D eigenvalue weighted by atomic mass is 35.5. The van der Waals surface area contributed by atoms with E-state index >= 15 is 0 Å². The van der Waals surface area contributed by atoms with E-state index < -0.39 is 20.0 Å². The summed E-state index contributed by atoms with van der Waals surface area (Å²) in [6.45, 7) is 4.02. The largest absolute Gasteiger partial charge is 0.243 e. The number of piperazine rings is 1. The summed E-state index contributed by atoms with van der Waals surface area (Å²) < 4.78 is 51.4. The van der Waals surface area contributed by atoms with E-state index in [0.29, 0.717) is 5.02 Å². The fourth-order valence-corrected chi connectivity index (χ4v) is 5.03. The molecule has 1 aromatic carbocycles. The Morgan fingerprint density at radius 3 is 2.09 bits per heavy atom. The highest BCUT2D eigenvalue weighted by Gasteiger charge is 2.32. The summed E-state index contributed by atoms with van der Waals surface area (Å²) in [5, 5.41) is 0.397.